The summed E-state index contributed by atoms with van der Waals surface area (Å²) >= 11 is 0. The topological polar surface area (TPSA) is 145 Å². The van der Waals surface area contributed by atoms with Gasteiger partial charge in [0.05, 0.1) is 10.6 Å². The van der Waals surface area contributed by atoms with Crippen LogP contribution in [0.4, 0.5) is 5.69 Å². The highest BCUT2D eigenvalue weighted by atomic mass is 16.6. The van der Waals surface area contributed by atoms with Gasteiger partial charge in [-0.15, -0.1) is 0 Å². The fraction of sp³-hybridized carbons (Fsp3) is 0.0667. The average molecular weight is 331 g/mol. The van der Waals surface area contributed by atoms with Gasteiger partial charge in [-0.1, -0.05) is 12.1 Å². The molecule has 0 saturated carbocycles. The van der Waals surface area contributed by atoms with E-state index in [1.165, 1.54) is 18.2 Å². The van der Waals surface area contributed by atoms with Crippen LogP contribution in [-0.2, 0) is 0 Å². The fourth-order valence-electron chi connectivity index (χ4n) is 1.84. The average Bonchev–Trinajstić information content (AvgIpc) is 2.56. The van der Waals surface area contributed by atoms with Gasteiger partial charge in [0.2, 0.25) is 0 Å². The van der Waals surface area contributed by atoms with Crippen molar-refractivity contribution < 1.29 is 25.0 Å². The van der Waals surface area contributed by atoms with Gasteiger partial charge >= 0.3 is 0 Å². The van der Waals surface area contributed by atoms with E-state index in [-0.39, 0.29) is 11.3 Å². The molecule has 9 heteroatoms. The van der Waals surface area contributed by atoms with Gasteiger partial charge in [0, 0.05) is 23.3 Å². The Kier molecular flexibility index (Phi) is 4.64. The Morgan fingerprint density at radius 2 is 1.75 bits per heavy atom. The highest BCUT2D eigenvalue weighted by molar-refractivity contribution is 6.01. The van der Waals surface area contributed by atoms with Gasteiger partial charge in [0.1, 0.15) is 0 Å². The molecule has 124 valence electrons. The van der Waals surface area contributed by atoms with E-state index < -0.39 is 28.1 Å². The maximum Gasteiger partial charge on any atom is 0.271 e. The summed E-state index contributed by atoms with van der Waals surface area (Å²) < 4.78 is 0. The van der Waals surface area contributed by atoms with Gasteiger partial charge in [-0.2, -0.15) is 5.10 Å². The zero-order valence-electron chi connectivity index (χ0n) is 12.4. The minimum Gasteiger partial charge on any atom is -0.504 e. The molecule has 4 N–H and O–H groups in total. The number of hydrogen-bond acceptors (Lipinski definition) is 7. The number of hydrazone groups is 1. The molecule has 0 bridgehead atoms. The van der Waals surface area contributed by atoms with Gasteiger partial charge in [0.15, 0.2) is 17.2 Å². The van der Waals surface area contributed by atoms with Crippen LogP contribution in [0.5, 0.6) is 17.2 Å². The third kappa shape index (κ3) is 3.58. The van der Waals surface area contributed by atoms with Crippen LogP contribution in [0, 0.1) is 10.1 Å². The molecule has 0 fully saturated rings. The number of non-ortho nitro benzene ring substituents is 1. The van der Waals surface area contributed by atoms with Crippen molar-refractivity contribution in [2.45, 2.75) is 6.92 Å². The lowest BCUT2D eigenvalue weighted by atomic mass is 10.1. The number of nitrogens with zero attached hydrogens (tertiary/aromatic N) is 2. The molecule has 0 radical (unpaired) electrons. The molecule has 2 aromatic rings. The first-order valence-electron chi connectivity index (χ1n) is 6.64. The number of nitro benzene ring substituents is 1. The van der Waals surface area contributed by atoms with Gasteiger partial charge < -0.3 is 15.3 Å². The quantitative estimate of drug-likeness (QED) is 0.291. The molecule has 9 nitrogen and oxygen atoms in total. The molecule has 24 heavy (non-hydrogen) atoms. The Balaban J connectivity index is 2.19. The molecule has 1 amide bonds. The molecular weight excluding hydrogens is 318 g/mol. The zero-order chi connectivity index (χ0) is 17.9. The van der Waals surface area contributed by atoms with E-state index in [9.17, 15) is 30.2 Å². The van der Waals surface area contributed by atoms with Gasteiger partial charge in [-0.05, 0) is 19.1 Å². The molecule has 0 unspecified atom stereocenters. The molecule has 0 heterocycles. The molecule has 0 atom stereocenters. The van der Waals surface area contributed by atoms with Crippen LogP contribution >= 0.6 is 0 Å². The lowest BCUT2D eigenvalue weighted by molar-refractivity contribution is -0.384. The third-order valence-electron chi connectivity index (χ3n) is 3.13. The summed E-state index contributed by atoms with van der Waals surface area (Å²) in [5, 5.41) is 42.6. The second-order valence-electron chi connectivity index (χ2n) is 4.81. The monoisotopic (exact) mass is 331 g/mol. The number of carbonyl (C=O) groups is 1. The molecule has 2 aromatic carbocycles. The molecule has 0 saturated heterocycles. The molecule has 0 aliphatic rings. The van der Waals surface area contributed by atoms with Crippen molar-refractivity contribution in [1.82, 2.24) is 5.43 Å². The molecule has 0 aromatic heterocycles. The number of aromatic hydroxyl groups is 3. The summed E-state index contributed by atoms with van der Waals surface area (Å²) in [6, 6.07) is 7.65. The number of nitro groups is 1. The number of nitrogens with one attached hydrogen (secondary N) is 1. The van der Waals surface area contributed by atoms with E-state index in [4.69, 9.17) is 0 Å². The van der Waals surface area contributed by atoms with E-state index >= 15 is 0 Å². The van der Waals surface area contributed by atoms with Crippen molar-refractivity contribution in [2.24, 2.45) is 5.10 Å². The zero-order valence-corrected chi connectivity index (χ0v) is 12.4. The maximum absolute atomic E-state index is 11.9. The first-order chi connectivity index (χ1) is 11.3. The smallest absolute Gasteiger partial charge is 0.271 e. The number of phenols is 3. The second kappa shape index (κ2) is 6.65. The summed E-state index contributed by atoms with van der Waals surface area (Å²) in [6.45, 7) is 1.55. The number of amides is 1. The number of phenolic OH excluding ortho intramolecular Hbond substituents is 3. The Morgan fingerprint density at radius 3 is 2.33 bits per heavy atom. The number of carbonyl (C=O) groups excluding carboxylic acids is 1. The van der Waals surface area contributed by atoms with Crippen molar-refractivity contribution in [3.8, 4) is 17.2 Å². The van der Waals surface area contributed by atoms with Gasteiger partial charge in [0.25, 0.3) is 11.6 Å². The summed E-state index contributed by atoms with van der Waals surface area (Å²) in [6.07, 6.45) is 0. The lowest BCUT2D eigenvalue weighted by Crippen LogP contribution is -2.19. The number of benzene rings is 2. The third-order valence-corrected chi connectivity index (χ3v) is 3.13. The van der Waals surface area contributed by atoms with E-state index in [0.717, 1.165) is 12.1 Å². The van der Waals surface area contributed by atoms with Crippen molar-refractivity contribution in [3.63, 3.8) is 0 Å². The molecule has 0 spiro atoms. The van der Waals surface area contributed by atoms with Crippen LogP contribution < -0.4 is 5.43 Å². The summed E-state index contributed by atoms with van der Waals surface area (Å²) in [5.74, 6) is -2.78. The van der Waals surface area contributed by atoms with E-state index in [1.54, 1.807) is 13.0 Å². The molecule has 0 aliphatic heterocycles. The Bertz CT molecular complexity index is 824. The number of rotatable bonds is 4. The van der Waals surface area contributed by atoms with Crippen molar-refractivity contribution in [1.29, 1.82) is 0 Å². The minimum atomic E-state index is -0.745. The molecular formula is C15H13N3O6. The fourth-order valence-corrected chi connectivity index (χ4v) is 1.84. The highest BCUT2D eigenvalue weighted by Crippen LogP contribution is 2.35. The predicted molar refractivity (Wildman–Crippen MR) is 84.2 cm³/mol. The van der Waals surface area contributed by atoms with Crippen LogP contribution in [0.2, 0.25) is 0 Å². The normalized spacial score (nSPS) is 11.1. The first-order valence-corrected chi connectivity index (χ1v) is 6.64. The summed E-state index contributed by atoms with van der Waals surface area (Å²) in [4.78, 5) is 22.1. The van der Waals surface area contributed by atoms with Gasteiger partial charge in [-0.25, -0.2) is 5.43 Å². The largest absolute Gasteiger partial charge is 0.504 e. The van der Waals surface area contributed by atoms with Crippen molar-refractivity contribution in [3.05, 3.63) is 57.6 Å². The van der Waals surface area contributed by atoms with Crippen molar-refractivity contribution in [2.75, 3.05) is 0 Å². The van der Waals surface area contributed by atoms with E-state index in [0.29, 0.717) is 11.3 Å². The second-order valence-corrected chi connectivity index (χ2v) is 4.81. The molecule has 0 aliphatic carbocycles. The van der Waals surface area contributed by atoms with Gasteiger partial charge in [-0.3, -0.25) is 14.9 Å². The van der Waals surface area contributed by atoms with Crippen LogP contribution in [0.25, 0.3) is 0 Å². The standard InChI is InChI=1S/C15H13N3O6/c1-8(9-3-2-4-11(5-9)18(23)24)16-17-15(22)10-6-12(19)14(21)13(20)7-10/h2-7,19-21H,1H3,(H,17,22)/b16-8-. The first kappa shape index (κ1) is 16.7. The highest BCUT2D eigenvalue weighted by Gasteiger charge is 2.13. The van der Waals surface area contributed by atoms with Crippen LogP contribution in [0.1, 0.15) is 22.8 Å². The Morgan fingerprint density at radius 1 is 1.12 bits per heavy atom. The van der Waals surface area contributed by atoms with Crippen LogP contribution in [0.3, 0.4) is 0 Å². The number of hydrogen-bond donors (Lipinski definition) is 4. The Labute approximate surface area is 135 Å². The predicted octanol–water partition coefficient (Wildman–Crippen LogP) is 1.87. The Hall–Kier alpha value is -3.62. The summed E-state index contributed by atoms with van der Waals surface area (Å²) in [5.41, 5.74) is 2.72. The van der Waals surface area contributed by atoms with Crippen molar-refractivity contribution >= 4 is 17.3 Å². The van der Waals surface area contributed by atoms with Crippen LogP contribution in [-0.4, -0.2) is 31.9 Å². The molecule has 2 rings (SSSR count). The van der Waals surface area contributed by atoms with E-state index in [1.807, 2.05) is 0 Å². The minimum absolute atomic E-state index is 0.109. The van der Waals surface area contributed by atoms with E-state index in [2.05, 4.69) is 10.5 Å². The summed E-state index contributed by atoms with van der Waals surface area (Å²) in [7, 11) is 0. The lowest BCUT2D eigenvalue weighted by Gasteiger charge is -2.06. The van der Waals surface area contributed by atoms with Crippen LogP contribution in [0.15, 0.2) is 41.5 Å². The maximum atomic E-state index is 11.9. The SMILES string of the molecule is C/C(=N/NC(=O)c1cc(O)c(O)c(O)c1)c1cccc([N+](=O)[O-])c1.